The molecule has 0 heterocycles. The van der Waals surface area contributed by atoms with E-state index in [0.717, 1.165) is 33.8 Å². The van der Waals surface area contributed by atoms with E-state index in [1.807, 2.05) is 32.0 Å². The van der Waals surface area contributed by atoms with Gasteiger partial charge in [-0.15, -0.1) is 0 Å². The predicted molar refractivity (Wildman–Crippen MR) is 112 cm³/mol. The second-order valence-corrected chi connectivity index (χ2v) is 8.70. The van der Waals surface area contributed by atoms with Gasteiger partial charge in [0.25, 0.3) is 0 Å². The minimum atomic E-state index is -3.75. The molecule has 0 aliphatic carbocycles. The Hall–Kier alpha value is -2.61. The van der Waals surface area contributed by atoms with Crippen molar-refractivity contribution in [2.24, 2.45) is 0 Å². The van der Waals surface area contributed by atoms with Crippen molar-refractivity contribution in [1.29, 1.82) is 0 Å². The number of nitrogens with one attached hydrogen (secondary N) is 1. The number of benzene rings is 2. The molecule has 0 fully saturated rings. The molecule has 2 aromatic carbocycles. The highest BCUT2D eigenvalue weighted by Gasteiger charge is 2.31. The molecule has 2 rings (SSSR count). The lowest BCUT2D eigenvalue weighted by Crippen LogP contribution is -2.50. The third-order valence-electron chi connectivity index (χ3n) is 4.56. The van der Waals surface area contributed by atoms with E-state index in [2.05, 4.69) is 5.32 Å². The van der Waals surface area contributed by atoms with Gasteiger partial charge in [-0.2, -0.15) is 0 Å². The van der Waals surface area contributed by atoms with Crippen LogP contribution in [0.4, 0.5) is 10.1 Å². The van der Waals surface area contributed by atoms with Crippen LogP contribution in [0.2, 0.25) is 0 Å². The van der Waals surface area contributed by atoms with Crippen LogP contribution in [0.1, 0.15) is 24.5 Å². The largest absolute Gasteiger partial charge is 0.492 e. The summed E-state index contributed by atoms with van der Waals surface area (Å²) in [7, 11) is -3.75. The highest BCUT2D eigenvalue weighted by molar-refractivity contribution is 7.92. The number of carbonyl (C=O) groups is 1. The lowest BCUT2D eigenvalue weighted by Gasteiger charge is -2.30. The summed E-state index contributed by atoms with van der Waals surface area (Å²) >= 11 is 0. The van der Waals surface area contributed by atoms with Gasteiger partial charge in [-0.25, -0.2) is 12.8 Å². The topological polar surface area (TPSA) is 75.7 Å². The third-order valence-corrected chi connectivity index (χ3v) is 5.74. The third kappa shape index (κ3) is 6.19. The molecule has 158 valence electrons. The van der Waals surface area contributed by atoms with Crippen molar-refractivity contribution in [3.63, 3.8) is 0 Å². The van der Waals surface area contributed by atoms with E-state index in [0.29, 0.717) is 5.75 Å². The Morgan fingerprint density at radius 1 is 1.14 bits per heavy atom. The zero-order valence-corrected chi connectivity index (χ0v) is 17.9. The van der Waals surface area contributed by atoms with Crippen molar-refractivity contribution in [2.45, 2.75) is 33.2 Å². The Kier molecular flexibility index (Phi) is 7.61. The molecule has 1 atom stereocenters. The maximum absolute atomic E-state index is 13.2. The summed E-state index contributed by atoms with van der Waals surface area (Å²) in [5, 5.41) is 2.72. The average Bonchev–Trinajstić information content (AvgIpc) is 2.66. The molecule has 0 saturated carbocycles. The first-order chi connectivity index (χ1) is 13.6. The molecular weight excluding hydrogens is 395 g/mol. The first-order valence-electron chi connectivity index (χ1n) is 9.36. The van der Waals surface area contributed by atoms with Crippen molar-refractivity contribution in [1.82, 2.24) is 5.32 Å². The minimum absolute atomic E-state index is 0.225. The molecule has 6 nitrogen and oxygen atoms in total. The van der Waals surface area contributed by atoms with Crippen LogP contribution in [0.15, 0.2) is 42.5 Å². The van der Waals surface area contributed by atoms with Crippen LogP contribution < -0.4 is 14.4 Å². The van der Waals surface area contributed by atoms with Crippen molar-refractivity contribution >= 4 is 21.6 Å². The van der Waals surface area contributed by atoms with E-state index < -0.39 is 27.8 Å². The first kappa shape index (κ1) is 22.7. The zero-order chi connectivity index (χ0) is 21.6. The van der Waals surface area contributed by atoms with Crippen LogP contribution in [0.25, 0.3) is 0 Å². The van der Waals surface area contributed by atoms with Gasteiger partial charge >= 0.3 is 0 Å². The summed E-state index contributed by atoms with van der Waals surface area (Å²) < 4.78 is 44.5. The van der Waals surface area contributed by atoms with E-state index in [9.17, 15) is 17.6 Å². The van der Waals surface area contributed by atoms with E-state index in [-0.39, 0.29) is 25.3 Å². The number of halogens is 1. The number of amides is 1. The van der Waals surface area contributed by atoms with Gasteiger partial charge in [-0.1, -0.05) is 13.0 Å². The highest BCUT2D eigenvalue weighted by Crippen LogP contribution is 2.23. The van der Waals surface area contributed by atoms with Gasteiger partial charge < -0.3 is 10.1 Å². The van der Waals surface area contributed by atoms with Crippen molar-refractivity contribution < 1.29 is 22.3 Å². The van der Waals surface area contributed by atoms with Crippen molar-refractivity contribution in [3.05, 3.63) is 59.4 Å². The average molecular weight is 423 g/mol. The molecule has 1 amide bonds. The maximum atomic E-state index is 13.2. The fraction of sp³-hybridized carbons (Fsp3) is 0.381. The summed E-state index contributed by atoms with van der Waals surface area (Å²) in [6, 6.07) is 9.81. The van der Waals surface area contributed by atoms with E-state index in [4.69, 9.17) is 4.74 Å². The summed E-state index contributed by atoms with van der Waals surface area (Å²) in [5.74, 6) is -0.215. The molecule has 2 aromatic rings. The lowest BCUT2D eigenvalue weighted by atomic mass is 10.1. The highest BCUT2D eigenvalue weighted by atomic mass is 32.2. The first-order valence-corrected chi connectivity index (χ1v) is 11.2. The SMILES string of the molecule is CC[C@@H](C(=O)NCCOc1ccc(C)c(C)c1)N(c1ccc(F)cc1)S(C)(=O)=O. The van der Waals surface area contributed by atoms with Gasteiger partial charge in [-0.05, 0) is 67.8 Å². The van der Waals surface area contributed by atoms with E-state index in [1.54, 1.807) is 6.92 Å². The Morgan fingerprint density at radius 2 is 1.79 bits per heavy atom. The lowest BCUT2D eigenvalue weighted by molar-refractivity contribution is -0.122. The number of ether oxygens (including phenoxy) is 1. The Morgan fingerprint density at radius 3 is 2.34 bits per heavy atom. The van der Waals surface area contributed by atoms with Crippen LogP contribution in [-0.4, -0.2) is 39.8 Å². The number of nitrogens with zero attached hydrogens (tertiary/aromatic N) is 1. The smallest absolute Gasteiger partial charge is 0.244 e. The predicted octanol–water partition coefficient (Wildman–Crippen LogP) is 3.18. The van der Waals surface area contributed by atoms with Crippen LogP contribution in [0.3, 0.4) is 0 Å². The monoisotopic (exact) mass is 422 g/mol. The molecule has 0 spiro atoms. The molecule has 0 unspecified atom stereocenters. The Balaban J connectivity index is 2.03. The summed E-state index contributed by atoms with van der Waals surface area (Å²) in [6.45, 7) is 6.20. The molecule has 1 N–H and O–H groups in total. The Bertz CT molecular complexity index is 946. The van der Waals surface area contributed by atoms with E-state index >= 15 is 0 Å². The normalized spacial score (nSPS) is 12.3. The van der Waals surface area contributed by atoms with Gasteiger partial charge in [0.2, 0.25) is 15.9 Å². The maximum Gasteiger partial charge on any atom is 0.244 e. The number of sulfonamides is 1. The second-order valence-electron chi connectivity index (χ2n) is 6.84. The summed E-state index contributed by atoms with van der Waals surface area (Å²) in [4.78, 5) is 12.7. The fourth-order valence-corrected chi connectivity index (χ4v) is 4.12. The van der Waals surface area contributed by atoms with Gasteiger partial charge in [0.1, 0.15) is 24.2 Å². The number of aryl methyl sites for hydroxylation is 2. The molecule has 0 radical (unpaired) electrons. The molecule has 29 heavy (non-hydrogen) atoms. The quantitative estimate of drug-likeness (QED) is 0.630. The molecular formula is C21H27FN2O4S. The van der Waals surface area contributed by atoms with Crippen LogP contribution in [-0.2, 0) is 14.8 Å². The number of hydrogen-bond donors (Lipinski definition) is 1. The zero-order valence-electron chi connectivity index (χ0n) is 17.1. The van der Waals surface area contributed by atoms with Crippen molar-refractivity contribution in [2.75, 3.05) is 23.7 Å². The minimum Gasteiger partial charge on any atom is -0.492 e. The van der Waals surface area contributed by atoms with Gasteiger partial charge in [0, 0.05) is 0 Å². The van der Waals surface area contributed by atoms with Gasteiger partial charge in [0.15, 0.2) is 0 Å². The molecule has 0 aliphatic rings. The van der Waals surface area contributed by atoms with Gasteiger partial charge in [-0.3, -0.25) is 9.10 Å². The van der Waals surface area contributed by atoms with Gasteiger partial charge in [0.05, 0.1) is 18.5 Å². The molecule has 0 saturated heterocycles. The number of anilines is 1. The van der Waals surface area contributed by atoms with Crippen LogP contribution >= 0.6 is 0 Å². The van der Waals surface area contributed by atoms with Crippen molar-refractivity contribution in [3.8, 4) is 5.75 Å². The second kappa shape index (κ2) is 9.73. The van der Waals surface area contributed by atoms with E-state index in [1.165, 1.54) is 12.1 Å². The molecule has 0 aromatic heterocycles. The molecule has 0 bridgehead atoms. The molecule has 0 aliphatic heterocycles. The summed E-state index contributed by atoms with van der Waals surface area (Å²) in [5.41, 5.74) is 2.51. The van der Waals surface area contributed by atoms with Crippen LogP contribution in [0.5, 0.6) is 5.75 Å². The summed E-state index contributed by atoms with van der Waals surface area (Å²) in [6.07, 6.45) is 1.28. The number of carbonyl (C=O) groups excluding carboxylic acids is 1. The number of rotatable bonds is 9. The Labute approximate surface area is 171 Å². The number of hydrogen-bond acceptors (Lipinski definition) is 4. The van der Waals surface area contributed by atoms with Crippen LogP contribution in [0, 0.1) is 19.7 Å². The molecule has 8 heteroatoms. The standard InChI is InChI=1S/C21H27FN2O4S/c1-5-20(24(29(4,26)27)18-9-7-17(22)8-10-18)21(25)23-12-13-28-19-11-6-15(2)16(3)14-19/h6-11,14,20H,5,12-13H2,1-4H3,(H,23,25)/t20-/m0/s1. The fourth-order valence-electron chi connectivity index (χ4n) is 2.91.